The maximum atomic E-state index is 9.95. The SMILES string of the molecule is CCN(Cc1cc(C)ccc1O)CC1CCCNC1. The van der Waals surface area contributed by atoms with Crippen LogP contribution in [0.15, 0.2) is 18.2 Å². The van der Waals surface area contributed by atoms with Gasteiger partial charge in [-0.05, 0) is 51.4 Å². The van der Waals surface area contributed by atoms with Gasteiger partial charge in [0, 0.05) is 18.7 Å². The predicted molar refractivity (Wildman–Crippen MR) is 79.4 cm³/mol. The van der Waals surface area contributed by atoms with Gasteiger partial charge in [-0.2, -0.15) is 0 Å². The largest absolute Gasteiger partial charge is 0.508 e. The van der Waals surface area contributed by atoms with E-state index in [-0.39, 0.29) is 0 Å². The van der Waals surface area contributed by atoms with Crippen LogP contribution in [0, 0.1) is 12.8 Å². The zero-order valence-electron chi connectivity index (χ0n) is 12.2. The second kappa shape index (κ2) is 6.92. The number of phenolic OH excluding ortho intramolecular Hbond substituents is 1. The Kier molecular flexibility index (Phi) is 5.23. The highest BCUT2D eigenvalue weighted by atomic mass is 16.3. The van der Waals surface area contributed by atoms with E-state index in [1.165, 1.54) is 24.9 Å². The van der Waals surface area contributed by atoms with Crippen molar-refractivity contribution in [1.29, 1.82) is 0 Å². The minimum absolute atomic E-state index is 0.422. The summed E-state index contributed by atoms with van der Waals surface area (Å²) in [6, 6.07) is 5.86. The predicted octanol–water partition coefficient (Wildman–Crippen LogP) is 2.52. The molecule has 0 saturated carbocycles. The Morgan fingerprint density at radius 2 is 2.26 bits per heavy atom. The van der Waals surface area contributed by atoms with Crippen molar-refractivity contribution in [3.8, 4) is 5.75 Å². The third kappa shape index (κ3) is 4.22. The second-order valence-corrected chi connectivity index (χ2v) is 5.67. The normalized spacial score (nSPS) is 19.8. The van der Waals surface area contributed by atoms with Gasteiger partial charge in [0.25, 0.3) is 0 Å². The van der Waals surface area contributed by atoms with Gasteiger partial charge in [-0.1, -0.05) is 24.6 Å². The van der Waals surface area contributed by atoms with Crippen LogP contribution >= 0.6 is 0 Å². The van der Waals surface area contributed by atoms with E-state index in [1.54, 1.807) is 6.07 Å². The molecule has 3 heteroatoms. The first-order valence-electron chi connectivity index (χ1n) is 7.40. The summed E-state index contributed by atoms with van der Waals surface area (Å²) in [6.45, 7) is 9.58. The average Bonchev–Trinajstić information content (AvgIpc) is 2.43. The van der Waals surface area contributed by atoms with Gasteiger partial charge in [0.1, 0.15) is 5.75 Å². The van der Waals surface area contributed by atoms with Gasteiger partial charge in [-0.25, -0.2) is 0 Å². The standard InChI is InChI=1S/C16H26N2O/c1-3-18(11-14-5-4-8-17-10-14)12-15-9-13(2)6-7-16(15)19/h6-7,9,14,17,19H,3-5,8,10-12H2,1-2H3. The van der Waals surface area contributed by atoms with E-state index in [2.05, 4.69) is 30.1 Å². The molecule has 1 aromatic carbocycles. The molecule has 106 valence electrons. The molecule has 0 radical (unpaired) electrons. The summed E-state index contributed by atoms with van der Waals surface area (Å²) in [5, 5.41) is 13.4. The lowest BCUT2D eigenvalue weighted by atomic mass is 9.98. The molecule has 2 N–H and O–H groups in total. The first-order chi connectivity index (χ1) is 9.19. The van der Waals surface area contributed by atoms with Gasteiger partial charge in [-0.3, -0.25) is 4.90 Å². The van der Waals surface area contributed by atoms with E-state index in [0.29, 0.717) is 5.75 Å². The van der Waals surface area contributed by atoms with E-state index >= 15 is 0 Å². The Morgan fingerprint density at radius 3 is 2.95 bits per heavy atom. The van der Waals surface area contributed by atoms with Gasteiger partial charge in [0.05, 0.1) is 0 Å². The molecule has 0 aliphatic carbocycles. The van der Waals surface area contributed by atoms with Crippen molar-refractivity contribution < 1.29 is 5.11 Å². The molecule has 0 amide bonds. The Labute approximate surface area is 116 Å². The molecule has 1 aliphatic rings. The number of aromatic hydroxyl groups is 1. The lowest BCUT2D eigenvalue weighted by Crippen LogP contribution is -2.38. The van der Waals surface area contributed by atoms with Gasteiger partial charge < -0.3 is 10.4 Å². The molecule has 1 unspecified atom stereocenters. The van der Waals surface area contributed by atoms with E-state index in [9.17, 15) is 5.11 Å². The number of hydrogen-bond donors (Lipinski definition) is 2. The van der Waals surface area contributed by atoms with Crippen LogP contribution in [0.1, 0.15) is 30.9 Å². The van der Waals surface area contributed by atoms with Crippen molar-refractivity contribution in [2.45, 2.75) is 33.2 Å². The first-order valence-corrected chi connectivity index (χ1v) is 7.40. The van der Waals surface area contributed by atoms with E-state index in [4.69, 9.17) is 0 Å². The summed E-state index contributed by atoms with van der Waals surface area (Å²) in [7, 11) is 0. The van der Waals surface area contributed by atoms with Gasteiger partial charge in [0.15, 0.2) is 0 Å². The maximum Gasteiger partial charge on any atom is 0.120 e. The Hall–Kier alpha value is -1.06. The molecule has 3 nitrogen and oxygen atoms in total. The van der Waals surface area contributed by atoms with Gasteiger partial charge in [-0.15, -0.1) is 0 Å². The van der Waals surface area contributed by atoms with Gasteiger partial charge >= 0.3 is 0 Å². The second-order valence-electron chi connectivity index (χ2n) is 5.67. The molecule has 1 heterocycles. The fourth-order valence-electron chi connectivity index (χ4n) is 2.83. The van der Waals surface area contributed by atoms with Gasteiger partial charge in [0.2, 0.25) is 0 Å². The first kappa shape index (κ1) is 14.4. The fourth-order valence-corrected chi connectivity index (χ4v) is 2.83. The molecular weight excluding hydrogens is 236 g/mol. The Morgan fingerprint density at radius 1 is 1.42 bits per heavy atom. The number of phenols is 1. The Balaban J connectivity index is 1.95. The van der Waals surface area contributed by atoms with Crippen molar-refractivity contribution in [2.75, 3.05) is 26.2 Å². The molecular formula is C16H26N2O. The number of aryl methyl sites for hydroxylation is 1. The lowest BCUT2D eigenvalue weighted by molar-refractivity contribution is 0.208. The molecule has 1 aliphatic heterocycles. The summed E-state index contributed by atoms with van der Waals surface area (Å²) in [5.74, 6) is 1.17. The maximum absolute atomic E-state index is 9.95. The average molecular weight is 262 g/mol. The summed E-state index contributed by atoms with van der Waals surface area (Å²) >= 11 is 0. The van der Waals surface area contributed by atoms with Crippen LogP contribution < -0.4 is 5.32 Å². The molecule has 1 fully saturated rings. The topological polar surface area (TPSA) is 35.5 Å². The van der Waals surface area contributed by atoms with Crippen LogP contribution in [0.3, 0.4) is 0 Å². The monoisotopic (exact) mass is 262 g/mol. The summed E-state index contributed by atoms with van der Waals surface area (Å²) in [5.41, 5.74) is 2.26. The molecule has 1 atom stereocenters. The number of nitrogens with zero attached hydrogens (tertiary/aromatic N) is 1. The Bertz CT molecular complexity index is 400. The van der Waals surface area contributed by atoms with Crippen molar-refractivity contribution >= 4 is 0 Å². The molecule has 19 heavy (non-hydrogen) atoms. The van der Waals surface area contributed by atoms with Crippen molar-refractivity contribution in [3.63, 3.8) is 0 Å². The molecule has 0 spiro atoms. The lowest BCUT2D eigenvalue weighted by Gasteiger charge is -2.29. The third-order valence-electron chi connectivity index (χ3n) is 3.99. The van der Waals surface area contributed by atoms with E-state index in [0.717, 1.165) is 37.7 Å². The van der Waals surface area contributed by atoms with Crippen molar-refractivity contribution in [2.24, 2.45) is 5.92 Å². The van der Waals surface area contributed by atoms with Crippen LogP contribution in [-0.2, 0) is 6.54 Å². The van der Waals surface area contributed by atoms with Crippen LogP contribution in [-0.4, -0.2) is 36.2 Å². The van der Waals surface area contributed by atoms with Crippen LogP contribution in [0.2, 0.25) is 0 Å². The molecule has 0 aromatic heterocycles. The van der Waals surface area contributed by atoms with Crippen molar-refractivity contribution in [1.82, 2.24) is 10.2 Å². The van der Waals surface area contributed by atoms with Crippen LogP contribution in [0.25, 0.3) is 0 Å². The van der Waals surface area contributed by atoms with Crippen LogP contribution in [0.4, 0.5) is 0 Å². The minimum atomic E-state index is 0.422. The quantitative estimate of drug-likeness (QED) is 0.856. The molecule has 1 saturated heterocycles. The van der Waals surface area contributed by atoms with Crippen LogP contribution in [0.5, 0.6) is 5.75 Å². The third-order valence-corrected chi connectivity index (χ3v) is 3.99. The zero-order chi connectivity index (χ0) is 13.7. The molecule has 0 bridgehead atoms. The van der Waals surface area contributed by atoms with E-state index < -0.39 is 0 Å². The smallest absolute Gasteiger partial charge is 0.120 e. The molecule has 1 aromatic rings. The minimum Gasteiger partial charge on any atom is -0.508 e. The zero-order valence-corrected chi connectivity index (χ0v) is 12.2. The highest BCUT2D eigenvalue weighted by molar-refractivity contribution is 5.35. The summed E-state index contributed by atoms with van der Waals surface area (Å²) in [4.78, 5) is 2.44. The summed E-state index contributed by atoms with van der Waals surface area (Å²) in [6.07, 6.45) is 2.61. The van der Waals surface area contributed by atoms with E-state index in [1.807, 2.05) is 6.07 Å². The number of piperidine rings is 1. The highest BCUT2D eigenvalue weighted by Crippen LogP contribution is 2.21. The molecule has 2 rings (SSSR count). The number of rotatable bonds is 5. The number of hydrogen-bond acceptors (Lipinski definition) is 3. The number of benzene rings is 1. The fraction of sp³-hybridized carbons (Fsp3) is 0.625. The number of nitrogens with one attached hydrogen (secondary N) is 1. The van der Waals surface area contributed by atoms with Crippen molar-refractivity contribution in [3.05, 3.63) is 29.3 Å². The highest BCUT2D eigenvalue weighted by Gasteiger charge is 2.17. The summed E-state index contributed by atoms with van der Waals surface area (Å²) < 4.78 is 0.